The number of rotatable bonds is 7. The minimum Gasteiger partial charge on any atom is -0.481 e. The van der Waals surface area contributed by atoms with E-state index >= 15 is 0 Å². The predicted molar refractivity (Wildman–Crippen MR) is 66.5 cm³/mol. The zero-order valence-electron chi connectivity index (χ0n) is 10.8. The molecule has 0 spiro atoms. The second-order valence-corrected chi connectivity index (χ2v) is 4.35. The molecule has 1 rings (SSSR count). The normalized spacial score (nSPS) is 11.7. The van der Waals surface area contributed by atoms with E-state index in [0.29, 0.717) is 6.07 Å². The van der Waals surface area contributed by atoms with Gasteiger partial charge < -0.3 is 15.5 Å². The van der Waals surface area contributed by atoms with Gasteiger partial charge in [-0.1, -0.05) is 0 Å². The van der Waals surface area contributed by atoms with Gasteiger partial charge in [-0.25, -0.2) is 13.6 Å². The molecule has 0 fully saturated rings. The molecule has 0 aliphatic rings. The fourth-order valence-electron chi connectivity index (χ4n) is 1.67. The van der Waals surface area contributed by atoms with E-state index < -0.39 is 48.4 Å². The van der Waals surface area contributed by atoms with E-state index in [2.05, 4.69) is 5.32 Å². The van der Waals surface area contributed by atoms with Gasteiger partial charge in [0.05, 0.1) is 6.42 Å². The Balaban J connectivity index is 2.65. The average molecular weight is 301 g/mol. The minimum absolute atomic E-state index is 0.0485. The SMILES string of the molecule is O=C(O)CC[C@H](NC(=O)Cc1cc(F)cc(F)c1)C(=O)O. The lowest BCUT2D eigenvalue weighted by molar-refractivity contribution is -0.143. The monoisotopic (exact) mass is 301 g/mol. The van der Waals surface area contributed by atoms with Crippen molar-refractivity contribution in [3.05, 3.63) is 35.4 Å². The highest BCUT2D eigenvalue weighted by molar-refractivity contribution is 5.85. The van der Waals surface area contributed by atoms with E-state index in [4.69, 9.17) is 10.2 Å². The van der Waals surface area contributed by atoms with Gasteiger partial charge in [0.2, 0.25) is 5.91 Å². The second kappa shape index (κ2) is 7.32. The van der Waals surface area contributed by atoms with Crippen molar-refractivity contribution in [2.45, 2.75) is 25.3 Å². The summed E-state index contributed by atoms with van der Waals surface area (Å²) in [7, 11) is 0. The Hall–Kier alpha value is -2.51. The zero-order valence-corrected chi connectivity index (χ0v) is 10.8. The molecule has 6 nitrogen and oxygen atoms in total. The van der Waals surface area contributed by atoms with E-state index in [1.165, 1.54) is 0 Å². The molecule has 1 aromatic rings. The van der Waals surface area contributed by atoms with Crippen LogP contribution in [0.5, 0.6) is 0 Å². The molecule has 1 atom stereocenters. The fraction of sp³-hybridized carbons (Fsp3) is 0.308. The van der Waals surface area contributed by atoms with Crippen molar-refractivity contribution in [1.29, 1.82) is 0 Å². The summed E-state index contributed by atoms with van der Waals surface area (Å²) in [6.07, 6.45) is -1.12. The number of benzene rings is 1. The van der Waals surface area contributed by atoms with Crippen LogP contribution in [-0.2, 0) is 20.8 Å². The van der Waals surface area contributed by atoms with Crippen LogP contribution >= 0.6 is 0 Å². The number of hydrogen-bond acceptors (Lipinski definition) is 3. The van der Waals surface area contributed by atoms with Crippen LogP contribution in [-0.4, -0.2) is 34.1 Å². The number of nitrogens with one attached hydrogen (secondary N) is 1. The van der Waals surface area contributed by atoms with Crippen molar-refractivity contribution in [1.82, 2.24) is 5.32 Å². The largest absolute Gasteiger partial charge is 0.481 e. The summed E-state index contributed by atoms with van der Waals surface area (Å²) in [5.41, 5.74) is 0.0485. The lowest BCUT2D eigenvalue weighted by Crippen LogP contribution is -2.41. The standard InChI is InChI=1S/C13H13F2NO5/c14-8-3-7(4-9(15)6-8)5-11(17)16-10(13(20)21)1-2-12(18)19/h3-4,6,10H,1-2,5H2,(H,16,17)(H,18,19)(H,20,21)/t10-/m0/s1. The number of carboxylic acids is 2. The van der Waals surface area contributed by atoms with Crippen molar-refractivity contribution in [2.75, 3.05) is 0 Å². The van der Waals surface area contributed by atoms with E-state index in [9.17, 15) is 23.2 Å². The quantitative estimate of drug-likeness (QED) is 0.695. The van der Waals surface area contributed by atoms with Gasteiger partial charge in [0, 0.05) is 12.5 Å². The highest BCUT2D eigenvalue weighted by Gasteiger charge is 2.21. The summed E-state index contributed by atoms with van der Waals surface area (Å²) in [4.78, 5) is 32.9. The van der Waals surface area contributed by atoms with Crippen LogP contribution in [0.3, 0.4) is 0 Å². The van der Waals surface area contributed by atoms with E-state index in [0.717, 1.165) is 12.1 Å². The first kappa shape index (κ1) is 16.5. The van der Waals surface area contributed by atoms with Gasteiger partial charge in [0.1, 0.15) is 17.7 Å². The Morgan fingerprint density at radius 2 is 1.67 bits per heavy atom. The Bertz CT molecular complexity index is 541. The third kappa shape index (κ3) is 5.98. The first-order chi connectivity index (χ1) is 9.77. The van der Waals surface area contributed by atoms with Crippen molar-refractivity contribution < 1.29 is 33.4 Å². The second-order valence-electron chi connectivity index (χ2n) is 4.35. The Morgan fingerprint density at radius 3 is 2.14 bits per heavy atom. The van der Waals surface area contributed by atoms with E-state index in [1.54, 1.807) is 0 Å². The van der Waals surface area contributed by atoms with Crippen LogP contribution < -0.4 is 5.32 Å². The smallest absolute Gasteiger partial charge is 0.326 e. The maximum atomic E-state index is 12.9. The van der Waals surface area contributed by atoms with Gasteiger partial charge in [-0.3, -0.25) is 9.59 Å². The van der Waals surface area contributed by atoms with Crippen LogP contribution in [0.15, 0.2) is 18.2 Å². The number of aliphatic carboxylic acids is 2. The molecule has 0 aliphatic heterocycles. The summed E-state index contributed by atoms with van der Waals surface area (Å²) in [5, 5.41) is 19.5. The number of halogens is 2. The van der Waals surface area contributed by atoms with E-state index in [1.807, 2.05) is 0 Å². The lowest BCUT2D eigenvalue weighted by Gasteiger charge is -2.13. The molecule has 0 radical (unpaired) electrons. The zero-order chi connectivity index (χ0) is 16.0. The van der Waals surface area contributed by atoms with Crippen molar-refractivity contribution in [3.8, 4) is 0 Å². The summed E-state index contributed by atoms with van der Waals surface area (Å²) >= 11 is 0. The molecule has 0 saturated carbocycles. The third-order valence-corrected chi connectivity index (χ3v) is 2.57. The first-order valence-corrected chi connectivity index (χ1v) is 5.97. The highest BCUT2D eigenvalue weighted by atomic mass is 19.1. The summed E-state index contributed by atoms with van der Waals surface area (Å²) < 4.78 is 25.9. The molecule has 21 heavy (non-hydrogen) atoms. The number of carboxylic acid groups (broad SMARTS) is 2. The van der Waals surface area contributed by atoms with Crippen molar-refractivity contribution >= 4 is 17.8 Å². The molecule has 1 aromatic carbocycles. The highest BCUT2D eigenvalue weighted by Crippen LogP contribution is 2.09. The van der Waals surface area contributed by atoms with Gasteiger partial charge >= 0.3 is 11.9 Å². The molecule has 1 amide bonds. The lowest BCUT2D eigenvalue weighted by atomic mass is 10.1. The van der Waals surface area contributed by atoms with Crippen LogP contribution in [0.2, 0.25) is 0 Å². The third-order valence-electron chi connectivity index (χ3n) is 2.57. The molecule has 0 bridgehead atoms. The van der Waals surface area contributed by atoms with E-state index in [-0.39, 0.29) is 12.0 Å². The maximum absolute atomic E-state index is 12.9. The molecule has 0 aromatic heterocycles. The number of hydrogen-bond donors (Lipinski definition) is 3. The molecule has 0 aliphatic carbocycles. The predicted octanol–water partition coefficient (Wildman–Crippen LogP) is 0.942. The van der Waals surface area contributed by atoms with Gasteiger partial charge in [0.15, 0.2) is 0 Å². The molecule has 114 valence electrons. The Morgan fingerprint density at radius 1 is 1.10 bits per heavy atom. The number of amides is 1. The van der Waals surface area contributed by atoms with Gasteiger partial charge in [-0.2, -0.15) is 0 Å². The summed E-state index contributed by atoms with van der Waals surface area (Å²) in [5.74, 6) is -5.03. The van der Waals surface area contributed by atoms with Crippen molar-refractivity contribution in [3.63, 3.8) is 0 Å². The topological polar surface area (TPSA) is 104 Å². The minimum atomic E-state index is -1.38. The first-order valence-electron chi connectivity index (χ1n) is 5.97. The van der Waals surface area contributed by atoms with Crippen molar-refractivity contribution in [2.24, 2.45) is 0 Å². The summed E-state index contributed by atoms with van der Waals surface area (Å²) in [6, 6.07) is 1.19. The van der Waals surface area contributed by atoms with Crippen LogP contribution in [0, 0.1) is 11.6 Å². The number of carbonyl (C=O) groups is 3. The molecule has 3 N–H and O–H groups in total. The fourth-order valence-corrected chi connectivity index (χ4v) is 1.67. The average Bonchev–Trinajstić information content (AvgIpc) is 2.32. The molecular formula is C13H13F2NO5. The van der Waals surface area contributed by atoms with Gasteiger partial charge in [-0.15, -0.1) is 0 Å². The van der Waals surface area contributed by atoms with Crippen LogP contribution in [0.25, 0.3) is 0 Å². The van der Waals surface area contributed by atoms with Crippen LogP contribution in [0.1, 0.15) is 18.4 Å². The Kier molecular flexibility index (Phi) is 5.77. The molecule has 0 heterocycles. The molecule has 0 saturated heterocycles. The van der Waals surface area contributed by atoms with Gasteiger partial charge in [0.25, 0.3) is 0 Å². The Labute approximate surface area is 118 Å². The molecular weight excluding hydrogens is 288 g/mol. The number of carbonyl (C=O) groups excluding carboxylic acids is 1. The van der Waals surface area contributed by atoms with Gasteiger partial charge in [-0.05, 0) is 24.1 Å². The molecule has 8 heteroatoms. The molecule has 0 unspecified atom stereocenters. The van der Waals surface area contributed by atoms with Crippen LogP contribution in [0.4, 0.5) is 8.78 Å². The maximum Gasteiger partial charge on any atom is 0.326 e. The summed E-state index contributed by atoms with van der Waals surface area (Å²) in [6.45, 7) is 0.